The SMILES string of the molecule is CNc1cc(C(=O)NC2CCC(OC)C2)ccn1. The number of nitrogens with zero attached hydrogens (tertiary/aromatic N) is 1. The molecule has 1 aliphatic rings. The lowest BCUT2D eigenvalue weighted by molar-refractivity contribution is 0.0915. The third-order valence-corrected chi connectivity index (χ3v) is 3.33. The molecule has 2 unspecified atom stereocenters. The number of aromatic nitrogens is 1. The molecule has 98 valence electrons. The standard InChI is InChI=1S/C13H19N3O2/c1-14-12-7-9(5-6-15-12)13(17)16-10-3-4-11(8-10)18-2/h5-7,10-11H,3-4,8H2,1-2H3,(H,14,15)(H,16,17). The van der Waals surface area contributed by atoms with Gasteiger partial charge in [0.1, 0.15) is 5.82 Å². The molecule has 1 aromatic rings. The predicted octanol–water partition coefficient (Wildman–Crippen LogP) is 1.42. The average Bonchev–Trinajstić information content (AvgIpc) is 2.86. The molecule has 2 rings (SSSR count). The molecule has 5 heteroatoms. The summed E-state index contributed by atoms with van der Waals surface area (Å²) in [6.45, 7) is 0. The van der Waals surface area contributed by atoms with E-state index in [0.717, 1.165) is 19.3 Å². The molecule has 1 fully saturated rings. The molecule has 0 bridgehead atoms. The Bertz CT molecular complexity index is 422. The van der Waals surface area contributed by atoms with E-state index in [2.05, 4.69) is 15.6 Å². The van der Waals surface area contributed by atoms with Crippen molar-refractivity contribution in [2.45, 2.75) is 31.4 Å². The van der Waals surface area contributed by atoms with Crippen LogP contribution in [0.25, 0.3) is 0 Å². The minimum Gasteiger partial charge on any atom is -0.381 e. The summed E-state index contributed by atoms with van der Waals surface area (Å²) in [4.78, 5) is 16.1. The van der Waals surface area contributed by atoms with E-state index in [1.165, 1.54) is 0 Å². The lowest BCUT2D eigenvalue weighted by atomic mass is 10.2. The van der Waals surface area contributed by atoms with E-state index >= 15 is 0 Å². The summed E-state index contributed by atoms with van der Waals surface area (Å²) in [5.41, 5.74) is 0.634. The fourth-order valence-electron chi connectivity index (χ4n) is 2.26. The van der Waals surface area contributed by atoms with Gasteiger partial charge in [-0.3, -0.25) is 4.79 Å². The maximum Gasteiger partial charge on any atom is 0.251 e. The van der Waals surface area contributed by atoms with Crippen LogP contribution in [0.4, 0.5) is 5.82 Å². The zero-order valence-corrected chi connectivity index (χ0v) is 10.8. The van der Waals surface area contributed by atoms with Crippen molar-refractivity contribution < 1.29 is 9.53 Å². The van der Waals surface area contributed by atoms with Crippen LogP contribution in [0.15, 0.2) is 18.3 Å². The highest BCUT2D eigenvalue weighted by Gasteiger charge is 2.25. The zero-order valence-electron chi connectivity index (χ0n) is 10.8. The molecule has 1 amide bonds. The lowest BCUT2D eigenvalue weighted by Gasteiger charge is -2.13. The van der Waals surface area contributed by atoms with Gasteiger partial charge in [-0.25, -0.2) is 4.98 Å². The van der Waals surface area contributed by atoms with Gasteiger partial charge in [-0.1, -0.05) is 0 Å². The minimum absolute atomic E-state index is 0.0457. The molecule has 2 atom stereocenters. The van der Waals surface area contributed by atoms with E-state index in [9.17, 15) is 4.79 Å². The Morgan fingerprint density at radius 1 is 1.50 bits per heavy atom. The number of ether oxygens (including phenoxy) is 1. The van der Waals surface area contributed by atoms with Gasteiger partial charge in [0.2, 0.25) is 0 Å². The van der Waals surface area contributed by atoms with E-state index < -0.39 is 0 Å². The number of nitrogens with one attached hydrogen (secondary N) is 2. The first-order valence-electron chi connectivity index (χ1n) is 6.20. The molecule has 0 aromatic carbocycles. The fraction of sp³-hybridized carbons (Fsp3) is 0.538. The van der Waals surface area contributed by atoms with Crippen molar-refractivity contribution in [3.63, 3.8) is 0 Å². The van der Waals surface area contributed by atoms with E-state index in [-0.39, 0.29) is 18.1 Å². The Morgan fingerprint density at radius 3 is 3.00 bits per heavy atom. The minimum atomic E-state index is -0.0457. The van der Waals surface area contributed by atoms with Gasteiger partial charge in [0.15, 0.2) is 0 Å². The van der Waals surface area contributed by atoms with Crippen LogP contribution >= 0.6 is 0 Å². The number of pyridine rings is 1. The summed E-state index contributed by atoms with van der Waals surface area (Å²) in [5.74, 6) is 0.652. The first-order chi connectivity index (χ1) is 8.72. The molecular weight excluding hydrogens is 230 g/mol. The molecule has 18 heavy (non-hydrogen) atoms. The van der Waals surface area contributed by atoms with E-state index in [4.69, 9.17) is 4.74 Å². The molecule has 0 radical (unpaired) electrons. The predicted molar refractivity (Wildman–Crippen MR) is 69.7 cm³/mol. The summed E-state index contributed by atoms with van der Waals surface area (Å²) in [5, 5.41) is 5.96. The summed E-state index contributed by atoms with van der Waals surface area (Å²) in [6, 6.07) is 3.69. The van der Waals surface area contributed by atoms with Crippen molar-refractivity contribution in [1.29, 1.82) is 0 Å². The number of methoxy groups -OCH3 is 1. The van der Waals surface area contributed by atoms with E-state index in [0.29, 0.717) is 11.4 Å². The summed E-state index contributed by atoms with van der Waals surface area (Å²) in [6.07, 6.45) is 4.80. The molecule has 1 saturated carbocycles. The topological polar surface area (TPSA) is 63.2 Å². The average molecular weight is 249 g/mol. The Balaban J connectivity index is 1.95. The largest absolute Gasteiger partial charge is 0.381 e. The highest BCUT2D eigenvalue weighted by molar-refractivity contribution is 5.95. The molecule has 0 aliphatic heterocycles. The third kappa shape index (κ3) is 2.98. The van der Waals surface area contributed by atoms with Crippen LogP contribution in [0.3, 0.4) is 0 Å². The van der Waals surface area contributed by atoms with Crippen LogP contribution in [0.1, 0.15) is 29.6 Å². The second kappa shape index (κ2) is 5.82. The van der Waals surface area contributed by atoms with Gasteiger partial charge in [0.05, 0.1) is 6.10 Å². The van der Waals surface area contributed by atoms with E-state index in [1.807, 2.05) is 0 Å². The van der Waals surface area contributed by atoms with E-state index in [1.54, 1.807) is 32.5 Å². The van der Waals surface area contributed by atoms with Crippen molar-refractivity contribution in [3.05, 3.63) is 23.9 Å². The number of anilines is 1. The maximum absolute atomic E-state index is 12.1. The van der Waals surface area contributed by atoms with Crippen LogP contribution in [0, 0.1) is 0 Å². The molecular formula is C13H19N3O2. The van der Waals surface area contributed by atoms with Gasteiger partial charge in [-0.15, -0.1) is 0 Å². The van der Waals surface area contributed by atoms with Gasteiger partial charge in [0, 0.05) is 32.0 Å². The Morgan fingerprint density at radius 2 is 2.33 bits per heavy atom. The van der Waals surface area contributed by atoms with Crippen LogP contribution in [0.2, 0.25) is 0 Å². The summed E-state index contributed by atoms with van der Waals surface area (Å²) in [7, 11) is 3.50. The number of hydrogen-bond acceptors (Lipinski definition) is 4. The molecule has 2 N–H and O–H groups in total. The molecule has 1 heterocycles. The first kappa shape index (κ1) is 12.8. The Kier molecular flexibility index (Phi) is 4.15. The Hall–Kier alpha value is -1.62. The van der Waals surface area contributed by atoms with Gasteiger partial charge in [0.25, 0.3) is 5.91 Å². The van der Waals surface area contributed by atoms with Crippen LogP contribution in [-0.2, 0) is 4.74 Å². The van der Waals surface area contributed by atoms with Crippen LogP contribution < -0.4 is 10.6 Å². The highest BCUT2D eigenvalue weighted by Crippen LogP contribution is 2.21. The molecule has 0 spiro atoms. The number of hydrogen-bond donors (Lipinski definition) is 2. The van der Waals surface area contributed by atoms with Crippen molar-refractivity contribution in [2.24, 2.45) is 0 Å². The van der Waals surface area contributed by atoms with Crippen LogP contribution in [-0.4, -0.2) is 37.2 Å². The molecule has 0 saturated heterocycles. The summed E-state index contributed by atoms with van der Waals surface area (Å²) < 4.78 is 5.29. The van der Waals surface area contributed by atoms with Crippen molar-refractivity contribution in [2.75, 3.05) is 19.5 Å². The fourth-order valence-corrected chi connectivity index (χ4v) is 2.26. The first-order valence-corrected chi connectivity index (χ1v) is 6.20. The number of amides is 1. The quantitative estimate of drug-likeness (QED) is 0.847. The second-order valence-electron chi connectivity index (χ2n) is 4.52. The lowest BCUT2D eigenvalue weighted by Crippen LogP contribution is -2.33. The van der Waals surface area contributed by atoms with Gasteiger partial charge >= 0.3 is 0 Å². The van der Waals surface area contributed by atoms with Crippen molar-refractivity contribution in [1.82, 2.24) is 10.3 Å². The number of carbonyl (C=O) groups excluding carboxylic acids is 1. The molecule has 1 aromatic heterocycles. The second-order valence-corrected chi connectivity index (χ2v) is 4.52. The summed E-state index contributed by atoms with van der Waals surface area (Å²) >= 11 is 0. The molecule has 5 nitrogen and oxygen atoms in total. The zero-order chi connectivity index (χ0) is 13.0. The van der Waals surface area contributed by atoms with Crippen molar-refractivity contribution in [3.8, 4) is 0 Å². The van der Waals surface area contributed by atoms with Gasteiger partial charge in [-0.2, -0.15) is 0 Å². The van der Waals surface area contributed by atoms with Crippen LogP contribution in [0.5, 0.6) is 0 Å². The Labute approximate surface area is 107 Å². The van der Waals surface area contributed by atoms with Crippen molar-refractivity contribution >= 4 is 11.7 Å². The number of carbonyl (C=O) groups is 1. The highest BCUT2D eigenvalue weighted by atomic mass is 16.5. The monoisotopic (exact) mass is 249 g/mol. The van der Waals surface area contributed by atoms with Gasteiger partial charge < -0.3 is 15.4 Å². The maximum atomic E-state index is 12.1. The normalized spacial score (nSPS) is 22.8. The number of rotatable bonds is 4. The smallest absolute Gasteiger partial charge is 0.251 e. The van der Waals surface area contributed by atoms with Gasteiger partial charge in [-0.05, 0) is 31.4 Å². The third-order valence-electron chi connectivity index (χ3n) is 3.33. The molecule has 1 aliphatic carbocycles.